The van der Waals surface area contributed by atoms with Crippen LogP contribution in [0.2, 0.25) is 0 Å². The monoisotopic (exact) mass is 382 g/mol. The van der Waals surface area contributed by atoms with Crippen LogP contribution in [-0.4, -0.2) is 39.8 Å². The van der Waals surface area contributed by atoms with Crippen LogP contribution in [-0.2, 0) is 11.3 Å². The standard InChI is InChI=1S/C23H30N2O3/c1-16-14-24-20(17(2)22(16)27)15-25-10-8-23(9-11-25)13-19(26)12-21(28-23)18-6-4-3-5-7-18/h3-7,14,19,21,26H,8-13,15H2,1-2H3,(H,24,27)/t19-,21-/m1/s1. The van der Waals surface area contributed by atoms with Crippen molar-refractivity contribution < 1.29 is 9.84 Å². The number of nitrogens with one attached hydrogen (secondary N) is 1. The zero-order valence-corrected chi connectivity index (χ0v) is 16.8. The molecule has 1 aromatic carbocycles. The predicted octanol–water partition coefficient (Wildman–Crippen LogP) is 3.24. The lowest BCUT2D eigenvalue weighted by Gasteiger charge is -2.48. The van der Waals surface area contributed by atoms with Gasteiger partial charge in [0.1, 0.15) is 0 Å². The summed E-state index contributed by atoms with van der Waals surface area (Å²) in [7, 11) is 0. The summed E-state index contributed by atoms with van der Waals surface area (Å²) in [6.45, 7) is 6.31. The smallest absolute Gasteiger partial charge is 0.187 e. The summed E-state index contributed by atoms with van der Waals surface area (Å²) in [5, 5.41) is 10.5. The summed E-state index contributed by atoms with van der Waals surface area (Å²) < 4.78 is 6.58. The molecular weight excluding hydrogens is 352 g/mol. The zero-order chi connectivity index (χ0) is 19.7. The van der Waals surface area contributed by atoms with Gasteiger partial charge in [0, 0.05) is 55.5 Å². The quantitative estimate of drug-likeness (QED) is 0.855. The molecule has 2 fully saturated rings. The Hall–Kier alpha value is -1.95. The molecule has 2 aliphatic heterocycles. The van der Waals surface area contributed by atoms with Crippen LogP contribution < -0.4 is 5.43 Å². The number of aliphatic hydroxyl groups excluding tert-OH is 1. The van der Waals surface area contributed by atoms with Crippen molar-refractivity contribution >= 4 is 0 Å². The van der Waals surface area contributed by atoms with Crippen molar-refractivity contribution in [3.05, 3.63) is 69.1 Å². The molecule has 28 heavy (non-hydrogen) atoms. The van der Waals surface area contributed by atoms with Crippen LogP contribution >= 0.6 is 0 Å². The lowest BCUT2D eigenvalue weighted by Crippen LogP contribution is -2.51. The first-order valence-corrected chi connectivity index (χ1v) is 10.3. The van der Waals surface area contributed by atoms with Crippen molar-refractivity contribution in [2.24, 2.45) is 0 Å². The predicted molar refractivity (Wildman–Crippen MR) is 109 cm³/mol. The van der Waals surface area contributed by atoms with Crippen LogP contribution in [0.1, 0.15) is 54.2 Å². The van der Waals surface area contributed by atoms with Gasteiger partial charge in [-0.05, 0) is 32.3 Å². The van der Waals surface area contributed by atoms with Gasteiger partial charge in [-0.3, -0.25) is 9.69 Å². The molecule has 0 bridgehead atoms. The molecular formula is C23H30N2O3. The molecule has 5 heteroatoms. The highest BCUT2D eigenvalue weighted by Gasteiger charge is 2.43. The fourth-order valence-corrected chi connectivity index (χ4v) is 4.66. The van der Waals surface area contributed by atoms with Crippen molar-refractivity contribution in [3.8, 4) is 0 Å². The summed E-state index contributed by atoms with van der Waals surface area (Å²) in [5.41, 5.74) is 3.61. The second-order valence-corrected chi connectivity index (χ2v) is 8.47. The third-order valence-electron chi connectivity index (χ3n) is 6.42. The van der Waals surface area contributed by atoms with Gasteiger partial charge in [0.15, 0.2) is 5.43 Å². The average molecular weight is 383 g/mol. The Morgan fingerprint density at radius 1 is 1.21 bits per heavy atom. The summed E-state index contributed by atoms with van der Waals surface area (Å²) in [4.78, 5) is 17.9. The Morgan fingerprint density at radius 2 is 1.93 bits per heavy atom. The maximum Gasteiger partial charge on any atom is 0.187 e. The molecule has 1 aromatic heterocycles. The number of aromatic nitrogens is 1. The van der Waals surface area contributed by atoms with E-state index in [2.05, 4.69) is 22.0 Å². The minimum absolute atomic E-state index is 0.0350. The molecule has 0 unspecified atom stereocenters. The molecule has 2 aromatic rings. The van der Waals surface area contributed by atoms with Gasteiger partial charge in [-0.2, -0.15) is 0 Å². The molecule has 1 spiro atoms. The number of hydrogen-bond donors (Lipinski definition) is 2. The van der Waals surface area contributed by atoms with Crippen molar-refractivity contribution in [1.29, 1.82) is 0 Å². The van der Waals surface area contributed by atoms with Crippen molar-refractivity contribution in [2.75, 3.05) is 13.1 Å². The van der Waals surface area contributed by atoms with Crippen molar-refractivity contribution in [2.45, 2.75) is 63.9 Å². The number of aliphatic hydroxyl groups is 1. The minimum atomic E-state index is -0.318. The fraction of sp³-hybridized carbons (Fsp3) is 0.522. The van der Waals surface area contributed by atoms with Gasteiger partial charge in [0.2, 0.25) is 0 Å². The number of rotatable bonds is 3. The van der Waals surface area contributed by atoms with Crippen LogP contribution in [0.15, 0.2) is 41.3 Å². The number of piperidine rings is 1. The first-order chi connectivity index (χ1) is 13.5. The summed E-state index contributed by atoms with van der Waals surface area (Å²) in [5.74, 6) is 0. The van der Waals surface area contributed by atoms with Gasteiger partial charge in [-0.25, -0.2) is 0 Å². The lowest BCUT2D eigenvalue weighted by atomic mass is 9.81. The van der Waals surface area contributed by atoms with Gasteiger partial charge < -0.3 is 14.8 Å². The Labute approximate surface area is 166 Å². The first kappa shape index (κ1) is 19.4. The molecule has 0 radical (unpaired) electrons. The van der Waals surface area contributed by atoms with Crippen LogP contribution in [0.5, 0.6) is 0 Å². The van der Waals surface area contributed by atoms with E-state index in [1.807, 2.05) is 32.0 Å². The summed E-state index contributed by atoms with van der Waals surface area (Å²) in [6, 6.07) is 10.2. The topological polar surface area (TPSA) is 65.6 Å². The van der Waals surface area contributed by atoms with Gasteiger partial charge in [0.25, 0.3) is 0 Å². The number of aromatic amines is 1. The number of likely N-dealkylation sites (tertiary alicyclic amines) is 1. The Morgan fingerprint density at radius 3 is 2.64 bits per heavy atom. The Bertz CT molecular complexity index is 869. The second-order valence-electron chi connectivity index (χ2n) is 8.47. The zero-order valence-electron chi connectivity index (χ0n) is 16.8. The normalized spacial score (nSPS) is 25.1. The van der Waals surface area contributed by atoms with Crippen LogP contribution in [0, 0.1) is 13.8 Å². The largest absolute Gasteiger partial charge is 0.393 e. The lowest BCUT2D eigenvalue weighted by molar-refractivity contribution is -0.184. The molecule has 3 heterocycles. The highest BCUT2D eigenvalue weighted by molar-refractivity contribution is 5.23. The number of pyridine rings is 1. The maximum absolute atomic E-state index is 12.2. The second kappa shape index (κ2) is 7.82. The van der Waals surface area contributed by atoms with Crippen molar-refractivity contribution in [1.82, 2.24) is 9.88 Å². The number of H-pyrrole nitrogens is 1. The van der Waals surface area contributed by atoms with Gasteiger partial charge in [-0.15, -0.1) is 0 Å². The van der Waals surface area contributed by atoms with E-state index in [1.165, 1.54) is 0 Å². The van der Waals surface area contributed by atoms with Gasteiger partial charge in [-0.1, -0.05) is 30.3 Å². The molecule has 0 aliphatic carbocycles. The highest BCUT2D eigenvalue weighted by Crippen LogP contribution is 2.43. The summed E-state index contributed by atoms with van der Waals surface area (Å²) >= 11 is 0. The van der Waals surface area contributed by atoms with Crippen LogP contribution in [0.25, 0.3) is 0 Å². The number of aryl methyl sites for hydroxylation is 1. The third-order valence-corrected chi connectivity index (χ3v) is 6.42. The maximum atomic E-state index is 12.2. The van der Waals surface area contributed by atoms with Gasteiger partial charge >= 0.3 is 0 Å². The molecule has 2 saturated heterocycles. The average Bonchev–Trinajstić information content (AvgIpc) is 2.70. The minimum Gasteiger partial charge on any atom is -0.393 e. The highest BCUT2D eigenvalue weighted by atomic mass is 16.5. The van der Waals surface area contributed by atoms with E-state index >= 15 is 0 Å². The molecule has 2 aliphatic rings. The molecule has 4 rings (SSSR count). The number of benzene rings is 1. The van der Waals surface area contributed by atoms with Gasteiger partial charge in [0.05, 0.1) is 17.8 Å². The van der Waals surface area contributed by atoms with E-state index in [9.17, 15) is 9.90 Å². The molecule has 150 valence electrons. The molecule has 0 amide bonds. The first-order valence-electron chi connectivity index (χ1n) is 10.3. The van der Waals surface area contributed by atoms with E-state index in [0.29, 0.717) is 12.8 Å². The number of ether oxygens (including phenoxy) is 1. The third kappa shape index (κ3) is 3.93. The van der Waals surface area contributed by atoms with Crippen LogP contribution in [0.3, 0.4) is 0 Å². The van der Waals surface area contributed by atoms with Crippen molar-refractivity contribution in [3.63, 3.8) is 0 Å². The van der Waals surface area contributed by atoms with Crippen LogP contribution in [0.4, 0.5) is 0 Å². The summed E-state index contributed by atoms with van der Waals surface area (Å²) in [6.07, 6.45) is 4.64. The molecule has 5 nitrogen and oxygen atoms in total. The van der Waals surface area contributed by atoms with E-state index in [0.717, 1.165) is 54.9 Å². The van der Waals surface area contributed by atoms with E-state index in [-0.39, 0.29) is 23.2 Å². The van der Waals surface area contributed by atoms with E-state index in [1.54, 1.807) is 6.20 Å². The fourth-order valence-electron chi connectivity index (χ4n) is 4.66. The van der Waals surface area contributed by atoms with E-state index in [4.69, 9.17) is 4.74 Å². The SMILES string of the molecule is Cc1c[nH]c(CN2CCC3(CC2)C[C@H](O)C[C@H](c2ccccc2)O3)c(C)c1=O. The Balaban J connectivity index is 1.43. The Kier molecular flexibility index (Phi) is 5.41. The number of nitrogens with zero attached hydrogens (tertiary/aromatic N) is 1. The molecule has 2 N–H and O–H groups in total. The molecule has 2 atom stereocenters. The van der Waals surface area contributed by atoms with E-state index < -0.39 is 0 Å². The molecule has 0 saturated carbocycles. The number of hydrogen-bond acceptors (Lipinski definition) is 4.